The first-order valence-electron chi connectivity index (χ1n) is 9.25. The van der Waals surface area contributed by atoms with Gasteiger partial charge in [-0.2, -0.15) is 5.10 Å². The van der Waals surface area contributed by atoms with Gasteiger partial charge in [0.1, 0.15) is 5.69 Å². The average molecular weight is 422 g/mol. The molecule has 0 aliphatic carbocycles. The van der Waals surface area contributed by atoms with Crippen LogP contribution in [0.25, 0.3) is 10.2 Å². The van der Waals surface area contributed by atoms with Crippen molar-refractivity contribution in [1.29, 1.82) is 0 Å². The van der Waals surface area contributed by atoms with E-state index in [9.17, 15) is 4.79 Å². The van der Waals surface area contributed by atoms with Gasteiger partial charge in [0.05, 0.1) is 15.9 Å². The molecule has 3 aromatic rings. The number of aromatic nitrogens is 3. The number of hydrogen-bond acceptors (Lipinski definition) is 5. The minimum Gasteiger partial charge on any atom is -0.309 e. The highest BCUT2D eigenvalue weighted by Crippen LogP contribution is 2.30. The molecule has 0 N–H and O–H groups in total. The van der Waals surface area contributed by atoms with Crippen molar-refractivity contribution in [3.05, 3.63) is 41.7 Å². The summed E-state index contributed by atoms with van der Waals surface area (Å²) in [4.78, 5) is 22.1. The zero-order valence-electron chi connectivity index (χ0n) is 17.0. The van der Waals surface area contributed by atoms with Crippen molar-refractivity contribution >= 4 is 45.0 Å². The van der Waals surface area contributed by atoms with Gasteiger partial charge < -0.3 is 4.90 Å². The van der Waals surface area contributed by atoms with Gasteiger partial charge >= 0.3 is 0 Å². The number of thiazole rings is 1. The first-order valence-corrected chi connectivity index (χ1v) is 10.1. The van der Waals surface area contributed by atoms with Crippen molar-refractivity contribution < 1.29 is 4.79 Å². The van der Waals surface area contributed by atoms with Crippen molar-refractivity contribution in [3.8, 4) is 0 Å². The van der Waals surface area contributed by atoms with Crippen LogP contribution in [0.5, 0.6) is 0 Å². The maximum atomic E-state index is 13.5. The summed E-state index contributed by atoms with van der Waals surface area (Å²) in [7, 11) is 4.09. The first-order chi connectivity index (χ1) is 12.9. The number of rotatable bonds is 7. The molecule has 0 fully saturated rings. The number of aryl methyl sites for hydroxylation is 1. The van der Waals surface area contributed by atoms with Crippen LogP contribution in [-0.2, 0) is 0 Å². The molecule has 3 rings (SSSR count). The second kappa shape index (κ2) is 9.49. The lowest BCUT2D eigenvalue weighted by molar-refractivity contribution is 0.0974. The Bertz CT molecular complexity index is 901. The molecular formula is C20H28ClN5OS. The molecule has 28 heavy (non-hydrogen) atoms. The van der Waals surface area contributed by atoms with Crippen molar-refractivity contribution in [2.75, 3.05) is 32.1 Å². The Morgan fingerprint density at radius 2 is 1.93 bits per heavy atom. The summed E-state index contributed by atoms with van der Waals surface area (Å²) in [6.07, 6.45) is 0.878. The van der Waals surface area contributed by atoms with Crippen LogP contribution in [0.2, 0.25) is 0 Å². The molecule has 0 saturated heterocycles. The van der Waals surface area contributed by atoms with Gasteiger partial charge in [0.25, 0.3) is 5.91 Å². The zero-order chi connectivity index (χ0) is 19.6. The third-order valence-electron chi connectivity index (χ3n) is 4.31. The largest absolute Gasteiger partial charge is 0.309 e. The Morgan fingerprint density at radius 3 is 2.57 bits per heavy atom. The number of carbonyl (C=O) groups excluding carboxylic acids is 1. The molecule has 2 heterocycles. The Kier molecular flexibility index (Phi) is 7.57. The number of nitrogens with zero attached hydrogens (tertiary/aromatic N) is 5. The monoisotopic (exact) mass is 421 g/mol. The van der Waals surface area contributed by atoms with Crippen LogP contribution < -0.4 is 4.90 Å². The van der Waals surface area contributed by atoms with Gasteiger partial charge in [-0.3, -0.25) is 14.4 Å². The molecule has 0 atom stereocenters. The molecule has 0 bridgehead atoms. The molecule has 1 aromatic carbocycles. The highest BCUT2D eigenvalue weighted by Gasteiger charge is 2.25. The van der Waals surface area contributed by atoms with Crippen molar-refractivity contribution in [1.82, 2.24) is 19.7 Å². The van der Waals surface area contributed by atoms with E-state index in [0.29, 0.717) is 12.2 Å². The minimum atomic E-state index is -0.0397. The van der Waals surface area contributed by atoms with Crippen LogP contribution in [0.4, 0.5) is 5.13 Å². The molecule has 0 radical (unpaired) electrons. The fourth-order valence-electron chi connectivity index (χ4n) is 3.01. The number of anilines is 1. The lowest BCUT2D eigenvalue weighted by Crippen LogP contribution is -2.35. The summed E-state index contributed by atoms with van der Waals surface area (Å²) >= 11 is 1.56. The fraction of sp³-hybridized carbons (Fsp3) is 0.450. The van der Waals surface area contributed by atoms with Gasteiger partial charge in [-0.15, -0.1) is 12.4 Å². The number of benzene rings is 1. The van der Waals surface area contributed by atoms with Gasteiger partial charge in [0.15, 0.2) is 5.13 Å². The third-order valence-corrected chi connectivity index (χ3v) is 5.37. The molecule has 6 nitrogen and oxygen atoms in total. The summed E-state index contributed by atoms with van der Waals surface area (Å²) in [5.74, 6) is -0.0397. The normalized spacial score (nSPS) is 11.2. The number of carbonyl (C=O) groups is 1. The van der Waals surface area contributed by atoms with Crippen LogP contribution in [0.3, 0.4) is 0 Å². The van der Waals surface area contributed by atoms with E-state index in [2.05, 4.69) is 10.00 Å². The molecule has 0 spiro atoms. The van der Waals surface area contributed by atoms with Crippen molar-refractivity contribution in [3.63, 3.8) is 0 Å². The Labute approximate surface area is 176 Å². The van der Waals surface area contributed by atoms with E-state index >= 15 is 0 Å². The Balaban J connectivity index is 0.00000280. The van der Waals surface area contributed by atoms with E-state index in [1.807, 2.05) is 74.8 Å². The second-order valence-corrected chi connectivity index (χ2v) is 8.30. The molecule has 1 amide bonds. The van der Waals surface area contributed by atoms with E-state index in [4.69, 9.17) is 4.98 Å². The molecular weight excluding hydrogens is 394 g/mol. The molecule has 0 saturated carbocycles. The zero-order valence-corrected chi connectivity index (χ0v) is 18.7. The van der Waals surface area contributed by atoms with Crippen LogP contribution in [0, 0.1) is 6.92 Å². The lowest BCUT2D eigenvalue weighted by Gasteiger charge is -2.22. The minimum absolute atomic E-state index is 0. The molecule has 2 aromatic heterocycles. The number of amides is 1. The number of hydrogen-bond donors (Lipinski definition) is 0. The summed E-state index contributed by atoms with van der Waals surface area (Å²) in [6, 6.07) is 9.99. The third kappa shape index (κ3) is 4.90. The van der Waals surface area contributed by atoms with Crippen LogP contribution in [0.15, 0.2) is 30.3 Å². The van der Waals surface area contributed by atoms with Crippen molar-refractivity contribution in [2.45, 2.75) is 33.2 Å². The van der Waals surface area contributed by atoms with E-state index in [0.717, 1.165) is 34.0 Å². The first kappa shape index (κ1) is 22.3. The molecule has 152 valence electrons. The smallest absolute Gasteiger partial charge is 0.278 e. The van der Waals surface area contributed by atoms with Gasteiger partial charge in [-0.05, 0) is 66.0 Å². The van der Waals surface area contributed by atoms with Crippen LogP contribution in [0.1, 0.15) is 42.5 Å². The SMILES string of the molecule is Cc1cc(C(=O)N(CCCN(C)C)c2nc3ccccc3s2)n(C(C)C)n1.Cl. The second-order valence-electron chi connectivity index (χ2n) is 7.29. The molecule has 0 unspecified atom stereocenters. The predicted molar refractivity (Wildman–Crippen MR) is 119 cm³/mol. The number of halogens is 1. The van der Waals surface area contributed by atoms with E-state index < -0.39 is 0 Å². The molecule has 8 heteroatoms. The Hall–Kier alpha value is -1.96. The summed E-state index contributed by atoms with van der Waals surface area (Å²) in [5.41, 5.74) is 2.40. The fourth-order valence-corrected chi connectivity index (χ4v) is 4.00. The highest BCUT2D eigenvalue weighted by atomic mass is 35.5. The standard InChI is InChI=1S/C20H27N5OS.ClH/c1-14(2)25-17(13-15(3)22-25)19(26)24(12-8-11-23(4)5)20-21-16-9-6-7-10-18(16)27-20;/h6-7,9-10,13-14H,8,11-12H2,1-5H3;1H. The van der Waals surface area contributed by atoms with Gasteiger partial charge in [-0.1, -0.05) is 23.5 Å². The summed E-state index contributed by atoms with van der Waals surface area (Å²) in [6.45, 7) is 7.54. The summed E-state index contributed by atoms with van der Waals surface area (Å²) in [5, 5.41) is 5.25. The predicted octanol–water partition coefficient (Wildman–Crippen LogP) is 4.40. The average Bonchev–Trinajstić information content (AvgIpc) is 3.21. The van der Waals surface area contributed by atoms with Crippen molar-refractivity contribution in [2.24, 2.45) is 0 Å². The number of fused-ring (bicyclic) bond motifs is 1. The topological polar surface area (TPSA) is 54.3 Å². The quantitative estimate of drug-likeness (QED) is 0.567. The maximum absolute atomic E-state index is 13.5. The molecule has 0 aliphatic rings. The van der Waals surface area contributed by atoms with E-state index in [-0.39, 0.29) is 24.4 Å². The lowest BCUT2D eigenvalue weighted by atomic mass is 10.3. The number of para-hydroxylation sites is 1. The highest BCUT2D eigenvalue weighted by molar-refractivity contribution is 7.22. The maximum Gasteiger partial charge on any atom is 0.278 e. The van der Waals surface area contributed by atoms with E-state index in [1.54, 1.807) is 11.3 Å². The van der Waals surface area contributed by atoms with Gasteiger partial charge in [0, 0.05) is 12.6 Å². The van der Waals surface area contributed by atoms with Gasteiger partial charge in [0.2, 0.25) is 0 Å². The van der Waals surface area contributed by atoms with Gasteiger partial charge in [-0.25, -0.2) is 4.98 Å². The van der Waals surface area contributed by atoms with Crippen LogP contribution >= 0.6 is 23.7 Å². The van der Waals surface area contributed by atoms with E-state index in [1.165, 1.54) is 0 Å². The van der Waals surface area contributed by atoms with Crippen LogP contribution in [-0.4, -0.2) is 52.8 Å². The molecule has 0 aliphatic heterocycles. The Morgan fingerprint density at radius 1 is 1.21 bits per heavy atom. The summed E-state index contributed by atoms with van der Waals surface area (Å²) < 4.78 is 2.90.